The molecular weight excluding hydrogens is 436 g/mol. The van der Waals surface area contributed by atoms with Gasteiger partial charge in [0.25, 0.3) is 0 Å². The molecule has 4 aliphatic carbocycles. The number of Topliss-reactive ketones (excluding diaryl/α,β-unsaturated/α-hetero) is 1. The van der Waals surface area contributed by atoms with E-state index in [2.05, 4.69) is 0 Å². The minimum absolute atomic E-state index is 0.0227. The highest BCUT2D eigenvalue weighted by atomic mass is 16.6. The van der Waals surface area contributed by atoms with E-state index in [1.54, 1.807) is 13.0 Å². The van der Waals surface area contributed by atoms with Crippen LogP contribution in [-0.2, 0) is 23.9 Å². The van der Waals surface area contributed by atoms with Gasteiger partial charge in [0.05, 0.1) is 11.0 Å². The molecule has 7 heteroatoms. The van der Waals surface area contributed by atoms with Crippen molar-refractivity contribution in [2.75, 3.05) is 6.61 Å². The van der Waals surface area contributed by atoms with E-state index in [0.717, 1.165) is 0 Å². The van der Waals surface area contributed by atoms with Crippen LogP contribution < -0.4 is 0 Å². The molecule has 0 bridgehead atoms. The van der Waals surface area contributed by atoms with Crippen LogP contribution in [0.3, 0.4) is 0 Å². The lowest BCUT2D eigenvalue weighted by Gasteiger charge is -2.50. The summed E-state index contributed by atoms with van der Waals surface area (Å²) in [7, 11) is 0. The summed E-state index contributed by atoms with van der Waals surface area (Å²) in [5.74, 6) is -3.07. The molecule has 2 N–H and O–H groups in total. The minimum atomic E-state index is -1.81. The summed E-state index contributed by atoms with van der Waals surface area (Å²) in [6, 6.07) is 0. The van der Waals surface area contributed by atoms with Gasteiger partial charge in [0.2, 0.25) is 0 Å². The number of carbonyl (C=O) groups is 3. The first-order chi connectivity index (χ1) is 15.4. The predicted octanol–water partition coefficient (Wildman–Crippen LogP) is 3.13. The SMILES string of the molecule is CC(=O)OCC1=C[C@H]2[C@@H]3C(C)(C)[C@]3(OC(=O)C(C)(C)C)C[C@@H](C)[C@]2(O)[C@H]2C=C(C)C(=O)[C@@]2(O)C1. The normalized spacial score (nSPS) is 42.4. The van der Waals surface area contributed by atoms with Crippen molar-refractivity contribution in [1.82, 2.24) is 0 Å². The molecule has 7 atom stereocenters. The van der Waals surface area contributed by atoms with Gasteiger partial charge in [-0.1, -0.05) is 32.9 Å². The Morgan fingerprint density at radius 3 is 2.35 bits per heavy atom. The highest BCUT2D eigenvalue weighted by Crippen LogP contribution is 2.76. The third kappa shape index (κ3) is 3.19. The molecule has 0 heterocycles. The fourth-order valence-electron chi connectivity index (χ4n) is 7.10. The Morgan fingerprint density at radius 2 is 1.79 bits per heavy atom. The number of fused-ring (bicyclic) bond motifs is 5. The van der Waals surface area contributed by atoms with Crippen molar-refractivity contribution in [3.8, 4) is 0 Å². The van der Waals surface area contributed by atoms with Crippen molar-refractivity contribution in [3.05, 3.63) is 23.3 Å². The third-order valence-electron chi connectivity index (χ3n) is 9.02. The number of esters is 2. The topological polar surface area (TPSA) is 110 Å². The third-order valence-corrected chi connectivity index (χ3v) is 9.02. The van der Waals surface area contributed by atoms with Crippen LogP contribution in [0.5, 0.6) is 0 Å². The van der Waals surface area contributed by atoms with Gasteiger partial charge in [-0.2, -0.15) is 0 Å². The summed E-state index contributed by atoms with van der Waals surface area (Å²) in [4.78, 5) is 37.6. The first-order valence-electron chi connectivity index (χ1n) is 12.2. The zero-order valence-corrected chi connectivity index (χ0v) is 21.5. The number of ether oxygens (including phenoxy) is 2. The Labute approximate surface area is 201 Å². The van der Waals surface area contributed by atoms with Crippen molar-refractivity contribution in [3.63, 3.8) is 0 Å². The van der Waals surface area contributed by atoms with Gasteiger partial charge in [0.15, 0.2) is 5.78 Å². The maximum Gasteiger partial charge on any atom is 0.311 e. The molecule has 0 aromatic rings. The van der Waals surface area contributed by atoms with E-state index < -0.39 is 51.2 Å². The van der Waals surface area contributed by atoms with Gasteiger partial charge in [-0.25, -0.2) is 0 Å². The summed E-state index contributed by atoms with van der Waals surface area (Å²) in [5.41, 5.74) is -4.10. The average molecular weight is 475 g/mol. The van der Waals surface area contributed by atoms with Crippen LogP contribution in [0.4, 0.5) is 0 Å². The molecule has 0 spiro atoms. The lowest BCUT2D eigenvalue weighted by atomic mass is 9.60. The lowest BCUT2D eigenvalue weighted by molar-refractivity contribution is -0.191. The molecule has 4 rings (SSSR count). The second kappa shape index (κ2) is 7.26. The molecule has 34 heavy (non-hydrogen) atoms. The number of aliphatic hydroxyl groups is 2. The molecule has 0 unspecified atom stereocenters. The maximum absolute atomic E-state index is 13.1. The highest BCUT2D eigenvalue weighted by molar-refractivity contribution is 6.04. The van der Waals surface area contributed by atoms with Crippen LogP contribution in [0.25, 0.3) is 0 Å². The number of hydrogen-bond donors (Lipinski definition) is 2. The summed E-state index contributed by atoms with van der Waals surface area (Å²) >= 11 is 0. The molecule has 188 valence electrons. The number of hydrogen-bond acceptors (Lipinski definition) is 7. The largest absolute Gasteiger partial charge is 0.461 e. The Morgan fingerprint density at radius 1 is 1.18 bits per heavy atom. The molecule has 7 nitrogen and oxygen atoms in total. The van der Waals surface area contributed by atoms with Gasteiger partial charge in [-0.05, 0) is 51.2 Å². The fraction of sp³-hybridized carbons (Fsp3) is 0.741. The summed E-state index contributed by atoms with van der Waals surface area (Å²) in [5, 5.41) is 24.1. The molecule has 4 aliphatic rings. The molecule has 0 aromatic heterocycles. The smallest absolute Gasteiger partial charge is 0.311 e. The van der Waals surface area contributed by atoms with Crippen LogP contribution in [0.2, 0.25) is 0 Å². The van der Waals surface area contributed by atoms with Gasteiger partial charge in [-0.3, -0.25) is 14.4 Å². The zero-order chi connectivity index (χ0) is 25.6. The van der Waals surface area contributed by atoms with E-state index in [-0.39, 0.29) is 30.8 Å². The molecule has 2 saturated carbocycles. The Kier molecular flexibility index (Phi) is 5.36. The molecule has 0 radical (unpaired) electrons. The first-order valence-corrected chi connectivity index (χ1v) is 12.2. The Balaban J connectivity index is 1.84. The van der Waals surface area contributed by atoms with E-state index in [0.29, 0.717) is 17.6 Å². The van der Waals surface area contributed by atoms with E-state index >= 15 is 0 Å². The summed E-state index contributed by atoms with van der Waals surface area (Å²) in [6.45, 7) is 14.3. The van der Waals surface area contributed by atoms with Crippen molar-refractivity contribution >= 4 is 17.7 Å². The predicted molar refractivity (Wildman–Crippen MR) is 124 cm³/mol. The van der Waals surface area contributed by atoms with E-state index in [4.69, 9.17) is 9.47 Å². The monoisotopic (exact) mass is 474 g/mol. The molecular formula is C27H38O7. The molecule has 0 saturated heterocycles. The van der Waals surface area contributed by atoms with Gasteiger partial charge in [-0.15, -0.1) is 0 Å². The highest BCUT2D eigenvalue weighted by Gasteiger charge is 2.83. The zero-order valence-electron chi connectivity index (χ0n) is 21.5. The van der Waals surface area contributed by atoms with Gasteiger partial charge >= 0.3 is 11.9 Å². The van der Waals surface area contributed by atoms with Crippen LogP contribution in [0, 0.1) is 34.5 Å². The van der Waals surface area contributed by atoms with Crippen LogP contribution in [-0.4, -0.2) is 51.3 Å². The minimum Gasteiger partial charge on any atom is -0.461 e. The summed E-state index contributed by atoms with van der Waals surface area (Å²) in [6.07, 6.45) is 3.99. The number of carbonyl (C=O) groups excluding carboxylic acids is 3. The van der Waals surface area contributed by atoms with Crippen molar-refractivity contribution < 1.29 is 34.1 Å². The van der Waals surface area contributed by atoms with Crippen LogP contribution in [0.15, 0.2) is 23.3 Å². The van der Waals surface area contributed by atoms with Crippen molar-refractivity contribution in [2.45, 2.75) is 85.0 Å². The van der Waals surface area contributed by atoms with E-state index in [1.165, 1.54) is 6.92 Å². The molecule has 2 fully saturated rings. The Hall–Kier alpha value is -1.99. The first kappa shape index (κ1) is 25.1. The molecule has 0 aliphatic heterocycles. The fourth-order valence-corrected chi connectivity index (χ4v) is 7.10. The van der Waals surface area contributed by atoms with Crippen LogP contribution >= 0.6 is 0 Å². The van der Waals surface area contributed by atoms with Gasteiger partial charge < -0.3 is 19.7 Å². The average Bonchev–Trinajstić information content (AvgIpc) is 3.10. The second-order valence-corrected chi connectivity index (χ2v) is 12.6. The van der Waals surface area contributed by atoms with Crippen molar-refractivity contribution in [1.29, 1.82) is 0 Å². The van der Waals surface area contributed by atoms with E-state index in [9.17, 15) is 24.6 Å². The Bertz CT molecular complexity index is 1010. The van der Waals surface area contributed by atoms with Crippen LogP contribution in [0.1, 0.15) is 68.2 Å². The van der Waals surface area contributed by atoms with Crippen molar-refractivity contribution in [2.24, 2.45) is 34.5 Å². The van der Waals surface area contributed by atoms with E-state index in [1.807, 2.05) is 47.6 Å². The summed E-state index contributed by atoms with van der Waals surface area (Å²) < 4.78 is 11.5. The van der Waals surface area contributed by atoms with Gasteiger partial charge in [0, 0.05) is 36.5 Å². The quantitative estimate of drug-likeness (QED) is 0.478. The molecule has 0 aromatic carbocycles. The number of rotatable bonds is 3. The standard InChI is InChI=1S/C27H38O7/c1-14-9-19-25(31,21(14)29)12-17(13-33-16(3)28)10-18-20-24(7,8)26(20,11-15(2)27(18,19)32)34-22(30)23(4,5)6/h9-10,15,18-20,31-32H,11-13H2,1-8H3/t15-,18+,19+,20-,25-,26+,27-/m1/s1. The van der Waals surface area contributed by atoms with Gasteiger partial charge in [0.1, 0.15) is 17.8 Å². The number of ketones is 1. The second-order valence-electron chi connectivity index (χ2n) is 12.6. The maximum atomic E-state index is 13.1. The molecule has 0 amide bonds. The lowest BCUT2D eigenvalue weighted by Crippen LogP contribution is -2.61.